The lowest BCUT2D eigenvalue weighted by Crippen LogP contribution is -2.25. The van der Waals surface area contributed by atoms with Crippen molar-refractivity contribution in [2.45, 2.75) is 33.6 Å². The first-order valence-electron chi connectivity index (χ1n) is 5.13. The molecular weight excluding hydrogens is 150 g/mol. The third-order valence-electron chi connectivity index (χ3n) is 1.94. The van der Waals surface area contributed by atoms with Crippen LogP contribution in [0.4, 0.5) is 0 Å². The highest BCUT2D eigenvalue weighted by molar-refractivity contribution is 4.60. The second kappa shape index (κ2) is 9.01. The van der Waals surface area contributed by atoms with Crippen LogP contribution in [0.1, 0.15) is 33.6 Å². The van der Waals surface area contributed by atoms with Gasteiger partial charge in [-0.25, -0.2) is 0 Å². The molecule has 0 aromatic carbocycles. The molecule has 74 valence electrons. The van der Waals surface area contributed by atoms with E-state index in [1.54, 1.807) is 0 Å². The zero-order valence-corrected chi connectivity index (χ0v) is 8.73. The minimum absolute atomic E-state index is 0.704. The molecule has 0 saturated heterocycles. The first kappa shape index (κ1) is 11.9. The first-order chi connectivity index (χ1) is 5.85. The van der Waals surface area contributed by atoms with E-state index in [-0.39, 0.29) is 0 Å². The average Bonchev–Trinajstić information content (AvgIpc) is 2.10. The van der Waals surface area contributed by atoms with Crippen molar-refractivity contribution in [1.82, 2.24) is 5.32 Å². The van der Waals surface area contributed by atoms with Gasteiger partial charge < -0.3 is 10.1 Å². The molecular formula is C10H23NO. The van der Waals surface area contributed by atoms with Gasteiger partial charge in [-0.3, -0.25) is 0 Å². The second-order valence-electron chi connectivity index (χ2n) is 3.12. The fourth-order valence-electron chi connectivity index (χ4n) is 1.29. The summed E-state index contributed by atoms with van der Waals surface area (Å²) in [5.74, 6) is 0.704. The van der Waals surface area contributed by atoms with E-state index in [0.717, 1.165) is 26.3 Å². The molecule has 0 aliphatic rings. The summed E-state index contributed by atoms with van der Waals surface area (Å²) in [4.78, 5) is 0. The van der Waals surface area contributed by atoms with E-state index in [1.165, 1.54) is 12.8 Å². The van der Waals surface area contributed by atoms with Crippen molar-refractivity contribution in [1.29, 1.82) is 0 Å². The van der Waals surface area contributed by atoms with Gasteiger partial charge in [-0.1, -0.05) is 20.3 Å². The van der Waals surface area contributed by atoms with E-state index in [9.17, 15) is 0 Å². The highest BCUT2D eigenvalue weighted by atomic mass is 16.5. The molecule has 0 bridgehead atoms. The summed E-state index contributed by atoms with van der Waals surface area (Å²) in [5.41, 5.74) is 0. The number of nitrogens with one attached hydrogen (secondary N) is 1. The molecule has 1 atom stereocenters. The van der Waals surface area contributed by atoms with Crippen LogP contribution in [0.2, 0.25) is 0 Å². The fourth-order valence-corrected chi connectivity index (χ4v) is 1.29. The summed E-state index contributed by atoms with van der Waals surface area (Å²) < 4.78 is 5.41. The third kappa shape index (κ3) is 6.62. The van der Waals surface area contributed by atoms with Crippen molar-refractivity contribution in [3.05, 3.63) is 0 Å². The molecule has 0 rings (SSSR count). The van der Waals surface area contributed by atoms with Gasteiger partial charge in [0, 0.05) is 13.2 Å². The zero-order chi connectivity index (χ0) is 9.23. The van der Waals surface area contributed by atoms with Gasteiger partial charge in [0.05, 0.1) is 6.61 Å². The summed E-state index contributed by atoms with van der Waals surface area (Å²) in [6, 6.07) is 0. The zero-order valence-electron chi connectivity index (χ0n) is 8.73. The Morgan fingerprint density at radius 2 is 2.00 bits per heavy atom. The predicted molar refractivity (Wildman–Crippen MR) is 53.4 cm³/mol. The minimum Gasteiger partial charge on any atom is -0.381 e. The molecule has 0 aliphatic carbocycles. The molecule has 2 heteroatoms. The Kier molecular flexibility index (Phi) is 8.95. The van der Waals surface area contributed by atoms with Crippen LogP contribution in [0.5, 0.6) is 0 Å². The van der Waals surface area contributed by atoms with E-state index in [4.69, 9.17) is 4.74 Å². The van der Waals surface area contributed by atoms with Crippen LogP contribution in [0.15, 0.2) is 0 Å². The molecule has 0 amide bonds. The van der Waals surface area contributed by atoms with Gasteiger partial charge in [0.25, 0.3) is 0 Å². The van der Waals surface area contributed by atoms with Crippen LogP contribution in [0, 0.1) is 5.92 Å². The quantitative estimate of drug-likeness (QED) is 0.606. The average molecular weight is 173 g/mol. The summed E-state index contributed by atoms with van der Waals surface area (Å²) in [5, 5.41) is 3.36. The maximum absolute atomic E-state index is 5.41. The first-order valence-corrected chi connectivity index (χ1v) is 5.13. The van der Waals surface area contributed by atoms with Crippen LogP contribution in [0.25, 0.3) is 0 Å². The number of rotatable bonds is 8. The summed E-state index contributed by atoms with van der Waals surface area (Å²) in [7, 11) is 0. The van der Waals surface area contributed by atoms with Crippen molar-refractivity contribution in [3.63, 3.8) is 0 Å². The lowest BCUT2D eigenvalue weighted by Gasteiger charge is -2.15. The maximum Gasteiger partial charge on any atom is 0.0506 e. The Labute approximate surface area is 76.7 Å². The van der Waals surface area contributed by atoms with E-state index in [0.29, 0.717) is 5.92 Å². The van der Waals surface area contributed by atoms with Gasteiger partial charge >= 0.3 is 0 Å². The Morgan fingerprint density at radius 3 is 2.50 bits per heavy atom. The Hall–Kier alpha value is -0.0800. The fraction of sp³-hybridized carbons (Fsp3) is 1.00. The van der Waals surface area contributed by atoms with Gasteiger partial charge in [0.2, 0.25) is 0 Å². The number of ether oxygens (including phenoxy) is 1. The van der Waals surface area contributed by atoms with Crippen LogP contribution in [0.3, 0.4) is 0 Å². The maximum atomic E-state index is 5.41. The van der Waals surface area contributed by atoms with Crippen LogP contribution >= 0.6 is 0 Å². The molecule has 0 fully saturated rings. The van der Waals surface area contributed by atoms with E-state index in [2.05, 4.69) is 26.1 Å². The Bertz CT molecular complexity index is 77.9. The van der Waals surface area contributed by atoms with E-state index in [1.807, 2.05) is 0 Å². The van der Waals surface area contributed by atoms with Crippen LogP contribution < -0.4 is 5.32 Å². The lowest BCUT2D eigenvalue weighted by atomic mass is 10.1. The molecule has 0 aromatic rings. The van der Waals surface area contributed by atoms with Gasteiger partial charge in [-0.15, -0.1) is 0 Å². The van der Waals surface area contributed by atoms with Crippen LogP contribution in [-0.2, 0) is 4.74 Å². The largest absolute Gasteiger partial charge is 0.381 e. The van der Waals surface area contributed by atoms with Crippen molar-refractivity contribution < 1.29 is 4.74 Å². The van der Waals surface area contributed by atoms with Gasteiger partial charge in [-0.05, 0) is 25.8 Å². The van der Waals surface area contributed by atoms with Crippen molar-refractivity contribution in [3.8, 4) is 0 Å². The smallest absolute Gasteiger partial charge is 0.0506 e. The molecule has 0 radical (unpaired) electrons. The molecule has 12 heavy (non-hydrogen) atoms. The van der Waals surface area contributed by atoms with Crippen molar-refractivity contribution in [2.24, 2.45) is 5.92 Å². The molecule has 0 aromatic heterocycles. The lowest BCUT2D eigenvalue weighted by molar-refractivity contribution is 0.106. The second-order valence-corrected chi connectivity index (χ2v) is 3.12. The molecule has 0 saturated carbocycles. The van der Waals surface area contributed by atoms with Crippen molar-refractivity contribution in [2.75, 3.05) is 26.3 Å². The highest BCUT2D eigenvalue weighted by Gasteiger charge is 2.05. The molecule has 1 N–H and O–H groups in total. The Morgan fingerprint density at radius 1 is 1.25 bits per heavy atom. The molecule has 1 unspecified atom stereocenters. The summed E-state index contributed by atoms with van der Waals surface area (Å²) in [6.07, 6.45) is 2.52. The topological polar surface area (TPSA) is 21.3 Å². The SMILES string of the molecule is CCCC(CNCC)COCC. The van der Waals surface area contributed by atoms with E-state index < -0.39 is 0 Å². The predicted octanol–water partition coefficient (Wildman–Crippen LogP) is 2.05. The number of hydrogen-bond donors (Lipinski definition) is 1. The third-order valence-corrected chi connectivity index (χ3v) is 1.94. The number of hydrogen-bond acceptors (Lipinski definition) is 2. The molecule has 2 nitrogen and oxygen atoms in total. The summed E-state index contributed by atoms with van der Waals surface area (Å²) in [6.45, 7) is 10.3. The Balaban J connectivity index is 3.40. The monoisotopic (exact) mass is 173 g/mol. The van der Waals surface area contributed by atoms with Crippen LogP contribution in [-0.4, -0.2) is 26.3 Å². The molecule has 0 heterocycles. The normalized spacial score (nSPS) is 13.2. The molecule has 0 spiro atoms. The van der Waals surface area contributed by atoms with Crippen molar-refractivity contribution >= 4 is 0 Å². The summed E-state index contributed by atoms with van der Waals surface area (Å²) >= 11 is 0. The van der Waals surface area contributed by atoms with Gasteiger partial charge in [0.15, 0.2) is 0 Å². The van der Waals surface area contributed by atoms with Gasteiger partial charge in [-0.2, -0.15) is 0 Å². The standard InChI is InChI=1S/C10H23NO/c1-4-7-10(8-11-5-2)9-12-6-3/h10-11H,4-9H2,1-3H3. The van der Waals surface area contributed by atoms with Gasteiger partial charge in [0.1, 0.15) is 0 Å². The minimum atomic E-state index is 0.704. The highest BCUT2D eigenvalue weighted by Crippen LogP contribution is 2.05. The van der Waals surface area contributed by atoms with E-state index >= 15 is 0 Å². The molecule has 0 aliphatic heterocycles.